The zero-order valence-corrected chi connectivity index (χ0v) is 8.77. The van der Waals surface area contributed by atoms with Gasteiger partial charge in [0, 0.05) is 17.6 Å². The first kappa shape index (κ1) is 9.86. The number of carbonyl (C=O) groups excluding carboxylic acids is 1. The second-order valence-electron chi connectivity index (χ2n) is 3.11. The number of halogens is 1. The van der Waals surface area contributed by atoms with Gasteiger partial charge in [-0.15, -0.1) is 5.10 Å². The highest BCUT2D eigenvalue weighted by molar-refractivity contribution is 6.30. The van der Waals surface area contributed by atoms with Crippen LogP contribution < -0.4 is 0 Å². The molecule has 0 unspecified atom stereocenters. The van der Waals surface area contributed by atoms with Crippen LogP contribution in [0.4, 0.5) is 0 Å². The quantitative estimate of drug-likeness (QED) is 0.726. The normalized spacial score (nSPS) is 10.3. The number of hydrogen-bond donors (Lipinski definition) is 0. The molecule has 0 radical (unpaired) electrons. The third-order valence-corrected chi connectivity index (χ3v) is 2.19. The molecule has 0 N–H and O–H groups in total. The molecule has 0 bridgehead atoms. The molecule has 0 aliphatic heterocycles. The predicted octanol–water partition coefficient (Wildman–Crippen LogP) is 1.70. The first-order valence-corrected chi connectivity index (χ1v) is 4.71. The Kier molecular flexibility index (Phi) is 2.51. The zero-order valence-electron chi connectivity index (χ0n) is 8.01. The summed E-state index contributed by atoms with van der Waals surface area (Å²) in [5, 5.41) is 8.05. The first-order valence-electron chi connectivity index (χ1n) is 4.33. The molecule has 2 rings (SSSR count). The maximum atomic E-state index is 11.8. The average Bonchev–Trinajstić information content (AvgIpc) is 2.65. The van der Waals surface area contributed by atoms with Crippen LogP contribution in [-0.4, -0.2) is 20.8 Å². The van der Waals surface area contributed by atoms with Crippen molar-refractivity contribution in [3.05, 3.63) is 46.7 Å². The van der Waals surface area contributed by atoms with Crippen LogP contribution >= 0.6 is 11.6 Å². The molecule has 5 heteroatoms. The Bertz CT molecular complexity index is 490. The van der Waals surface area contributed by atoms with E-state index in [1.54, 1.807) is 37.5 Å². The van der Waals surface area contributed by atoms with Gasteiger partial charge in [0.15, 0.2) is 5.69 Å². The van der Waals surface area contributed by atoms with E-state index in [1.165, 1.54) is 4.68 Å². The molecule has 0 fully saturated rings. The lowest BCUT2D eigenvalue weighted by molar-refractivity contribution is 0.103. The van der Waals surface area contributed by atoms with Gasteiger partial charge in [-0.25, -0.2) is 0 Å². The van der Waals surface area contributed by atoms with E-state index in [0.717, 1.165) is 0 Å². The van der Waals surface area contributed by atoms with E-state index in [0.29, 0.717) is 16.3 Å². The largest absolute Gasteiger partial charge is 0.287 e. The minimum Gasteiger partial charge on any atom is -0.287 e. The van der Waals surface area contributed by atoms with E-state index in [2.05, 4.69) is 10.3 Å². The van der Waals surface area contributed by atoms with Gasteiger partial charge < -0.3 is 0 Å². The van der Waals surface area contributed by atoms with Crippen LogP contribution in [0.3, 0.4) is 0 Å². The Morgan fingerprint density at radius 3 is 2.53 bits per heavy atom. The summed E-state index contributed by atoms with van der Waals surface area (Å²) in [6.07, 6.45) is 1.58. The zero-order chi connectivity index (χ0) is 10.8. The summed E-state index contributed by atoms with van der Waals surface area (Å²) in [5.41, 5.74) is 0.889. The van der Waals surface area contributed by atoms with Crippen LogP contribution in [0.15, 0.2) is 30.5 Å². The Labute approximate surface area is 91.5 Å². The van der Waals surface area contributed by atoms with Crippen LogP contribution in [-0.2, 0) is 7.05 Å². The van der Waals surface area contributed by atoms with E-state index < -0.39 is 0 Å². The fourth-order valence-electron chi connectivity index (χ4n) is 1.20. The van der Waals surface area contributed by atoms with Crippen molar-refractivity contribution in [3.63, 3.8) is 0 Å². The van der Waals surface area contributed by atoms with Gasteiger partial charge in [0.1, 0.15) is 0 Å². The van der Waals surface area contributed by atoms with E-state index in [9.17, 15) is 4.79 Å². The van der Waals surface area contributed by atoms with Crippen LogP contribution in [0, 0.1) is 0 Å². The fourth-order valence-corrected chi connectivity index (χ4v) is 1.33. The number of aryl methyl sites for hydroxylation is 1. The van der Waals surface area contributed by atoms with E-state index in [4.69, 9.17) is 11.6 Å². The van der Waals surface area contributed by atoms with E-state index in [1.807, 2.05) is 0 Å². The molecule has 4 nitrogen and oxygen atoms in total. The van der Waals surface area contributed by atoms with Gasteiger partial charge >= 0.3 is 0 Å². The molecule has 0 aliphatic carbocycles. The lowest BCUT2D eigenvalue weighted by Gasteiger charge is -1.96. The second kappa shape index (κ2) is 3.82. The summed E-state index contributed by atoms with van der Waals surface area (Å²) < 4.78 is 1.49. The molecule has 0 amide bonds. The summed E-state index contributed by atoms with van der Waals surface area (Å²) in [7, 11) is 1.71. The third-order valence-electron chi connectivity index (χ3n) is 1.94. The second-order valence-corrected chi connectivity index (χ2v) is 3.55. The van der Waals surface area contributed by atoms with Crippen LogP contribution in [0.1, 0.15) is 16.1 Å². The summed E-state index contributed by atoms with van der Waals surface area (Å²) in [6.45, 7) is 0. The molecule has 2 aromatic rings. The highest BCUT2D eigenvalue weighted by atomic mass is 35.5. The van der Waals surface area contributed by atoms with Crippen molar-refractivity contribution in [1.29, 1.82) is 0 Å². The van der Waals surface area contributed by atoms with Crippen molar-refractivity contribution in [3.8, 4) is 0 Å². The van der Waals surface area contributed by atoms with E-state index >= 15 is 0 Å². The summed E-state index contributed by atoms with van der Waals surface area (Å²) in [4.78, 5) is 11.8. The molecule has 0 atom stereocenters. The van der Waals surface area contributed by atoms with Gasteiger partial charge in [0.05, 0.1) is 6.20 Å². The van der Waals surface area contributed by atoms with Gasteiger partial charge in [-0.1, -0.05) is 16.8 Å². The summed E-state index contributed by atoms with van der Waals surface area (Å²) in [6, 6.07) is 6.68. The van der Waals surface area contributed by atoms with Crippen molar-refractivity contribution >= 4 is 17.4 Å². The lowest BCUT2D eigenvalue weighted by atomic mass is 10.1. The molecule has 0 saturated carbocycles. The molecular formula is C10H8ClN3O. The molecule has 1 heterocycles. The van der Waals surface area contributed by atoms with Gasteiger partial charge in [-0.05, 0) is 24.3 Å². The summed E-state index contributed by atoms with van der Waals surface area (Å²) >= 11 is 5.72. The predicted molar refractivity (Wildman–Crippen MR) is 55.9 cm³/mol. The number of nitrogens with zero attached hydrogens (tertiary/aromatic N) is 3. The Morgan fingerprint density at radius 2 is 2.00 bits per heavy atom. The maximum absolute atomic E-state index is 11.8. The topological polar surface area (TPSA) is 47.8 Å². The smallest absolute Gasteiger partial charge is 0.214 e. The number of ketones is 1. The first-order chi connectivity index (χ1) is 7.16. The lowest BCUT2D eigenvalue weighted by Crippen LogP contribution is -2.01. The van der Waals surface area contributed by atoms with Gasteiger partial charge in [-0.3, -0.25) is 9.48 Å². The Morgan fingerprint density at radius 1 is 1.33 bits per heavy atom. The highest BCUT2D eigenvalue weighted by Gasteiger charge is 2.11. The standard InChI is InChI=1S/C10H8ClN3O/c1-14-6-9(12-13-14)10(15)7-2-4-8(11)5-3-7/h2-6H,1H3. The van der Waals surface area contributed by atoms with Crippen molar-refractivity contribution in [2.75, 3.05) is 0 Å². The highest BCUT2D eigenvalue weighted by Crippen LogP contribution is 2.12. The van der Waals surface area contributed by atoms with Crippen molar-refractivity contribution < 1.29 is 4.79 Å². The molecule has 1 aromatic heterocycles. The molecule has 0 saturated heterocycles. The molecule has 0 spiro atoms. The molecule has 76 valence electrons. The van der Waals surface area contributed by atoms with Gasteiger partial charge in [-0.2, -0.15) is 0 Å². The Balaban J connectivity index is 2.32. The van der Waals surface area contributed by atoms with Crippen LogP contribution in [0.5, 0.6) is 0 Å². The number of hydrogen-bond acceptors (Lipinski definition) is 3. The SMILES string of the molecule is Cn1cc(C(=O)c2ccc(Cl)cc2)nn1. The van der Waals surface area contributed by atoms with Crippen LogP contribution in [0.25, 0.3) is 0 Å². The van der Waals surface area contributed by atoms with Crippen LogP contribution in [0.2, 0.25) is 5.02 Å². The molecule has 0 aliphatic rings. The Hall–Kier alpha value is -1.68. The van der Waals surface area contributed by atoms with Crippen molar-refractivity contribution in [2.24, 2.45) is 7.05 Å². The molecule has 15 heavy (non-hydrogen) atoms. The van der Waals surface area contributed by atoms with Gasteiger partial charge in [0.2, 0.25) is 5.78 Å². The summed E-state index contributed by atoms with van der Waals surface area (Å²) in [5.74, 6) is -0.153. The van der Waals surface area contributed by atoms with Gasteiger partial charge in [0.25, 0.3) is 0 Å². The maximum Gasteiger partial charge on any atom is 0.214 e. The molecular weight excluding hydrogens is 214 g/mol. The number of benzene rings is 1. The van der Waals surface area contributed by atoms with E-state index in [-0.39, 0.29) is 5.78 Å². The fraction of sp³-hybridized carbons (Fsp3) is 0.100. The number of carbonyl (C=O) groups is 1. The third kappa shape index (κ3) is 2.05. The van der Waals surface area contributed by atoms with Crippen molar-refractivity contribution in [2.45, 2.75) is 0 Å². The van der Waals surface area contributed by atoms with Crippen molar-refractivity contribution in [1.82, 2.24) is 15.0 Å². The average molecular weight is 222 g/mol. The minimum absolute atomic E-state index is 0.153. The molecule has 1 aromatic carbocycles. The number of rotatable bonds is 2. The number of aromatic nitrogens is 3. The minimum atomic E-state index is -0.153. The monoisotopic (exact) mass is 221 g/mol.